The third kappa shape index (κ3) is 5.41. The fourth-order valence-electron chi connectivity index (χ4n) is 2.71. The average molecular weight is 276 g/mol. The molecule has 0 unspecified atom stereocenters. The van der Waals surface area contributed by atoms with Gasteiger partial charge in [-0.3, -0.25) is 0 Å². The Morgan fingerprint density at radius 1 is 1.15 bits per heavy atom. The molecule has 1 aromatic carbocycles. The second-order valence-electron chi connectivity index (χ2n) is 5.59. The van der Waals surface area contributed by atoms with Crippen LogP contribution in [0.2, 0.25) is 0 Å². The molecule has 0 saturated heterocycles. The van der Waals surface area contributed by atoms with E-state index in [-0.39, 0.29) is 0 Å². The lowest BCUT2D eigenvalue weighted by Gasteiger charge is -2.23. The summed E-state index contributed by atoms with van der Waals surface area (Å²) >= 11 is 0. The van der Waals surface area contributed by atoms with Crippen LogP contribution in [0.25, 0.3) is 0 Å². The van der Waals surface area contributed by atoms with E-state index in [0.717, 1.165) is 43.6 Å². The van der Waals surface area contributed by atoms with Crippen LogP contribution in [0.5, 0.6) is 5.75 Å². The van der Waals surface area contributed by atoms with Crippen molar-refractivity contribution in [1.82, 2.24) is 5.32 Å². The molecule has 0 bridgehead atoms. The Hall–Kier alpha value is -1.22. The molecule has 1 fully saturated rings. The van der Waals surface area contributed by atoms with Crippen molar-refractivity contribution in [2.75, 3.05) is 25.0 Å². The van der Waals surface area contributed by atoms with Gasteiger partial charge in [0.15, 0.2) is 0 Å². The first-order valence-corrected chi connectivity index (χ1v) is 8.08. The van der Waals surface area contributed by atoms with E-state index in [4.69, 9.17) is 4.74 Å². The second kappa shape index (κ2) is 8.85. The van der Waals surface area contributed by atoms with Crippen molar-refractivity contribution in [3.8, 4) is 5.75 Å². The first kappa shape index (κ1) is 15.2. The van der Waals surface area contributed by atoms with Gasteiger partial charge in [-0.15, -0.1) is 0 Å². The molecule has 0 heterocycles. The number of benzene rings is 1. The van der Waals surface area contributed by atoms with Crippen LogP contribution in [0.4, 0.5) is 5.69 Å². The van der Waals surface area contributed by atoms with Gasteiger partial charge >= 0.3 is 0 Å². The zero-order valence-electron chi connectivity index (χ0n) is 12.7. The summed E-state index contributed by atoms with van der Waals surface area (Å²) in [6.07, 6.45) is 7.94. The molecule has 1 aliphatic carbocycles. The average Bonchev–Trinajstić information content (AvgIpc) is 2.51. The summed E-state index contributed by atoms with van der Waals surface area (Å²) in [4.78, 5) is 0. The Bertz CT molecular complexity index is 375. The van der Waals surface area contributed by atoms with Gasteiger partial charge in [-0.25, -0.2) is 0 Å². The fraction of sp³-hybridized carbons (Fsp3) is 0.647. The quantitative estimate of drug-likeness (QED) is 0.708. The highest BCUT2D eigenvalue weighted by Crippen LogP contribution is 2.18. The SMILES string of the molecule is CCCOc1cccc(NCCNC2CCCCC2)c1. The third-order valence-corrected chi connectivity index (χ3v) is 3.80. The summed E-state index contributed by atoms with van der Waals surface area (Å²) in [7, 11) is 0. The molecule has 1 aliphatic rings. The molecular formula is C17H28N2O. The second-order valence-corrected chi connectivity index (χ2v) is 5.59. The maximum Gasteiger partial charge on any atom is 0.121 e. The van der Waals surface area contributed by atoms with Gasteiger partial charge in [0.05, 0.1) is 6.61 Å². The van der Waals surface area contributed by atoms with Crippen molar-refractivity contribution >= 4 is 5.69 Å². The van der Waals surface area contributed by atoms with Crippen molar-refractivity contribution in [3.05, 3.63) is 24.3 Å². The van der Waals surface area contributed by atoms with Gasteiger partial charge in [-0.05, 0) is 31.4 Å². The van der Waals surface area contributed by atoms with Crippen molar-refractivity contribution in [1.29, 1.82) is 0 Å². The molecule has 0 aromatic heterocycles. The van der Waals surface area contributed by atoms with E-state index in [9.17, 15) is 0 Å². The molecule has 2 N–H and O–H groups in total. The molecule has 0 aliphatic heterocycles. The van der Waals surface area contributed by atoms with Crippen LogP contribution in [-0.2, 0) is 0 Å². The number of hydrogen-bond acceptors (Lipinski definition) is 3. The van der Waals surface area contributed by atoms with Crippen LogP contribution in [0, 0.1) is 0 Å². The maximum atomic E-state index is 5.64. The standard InChI is InChI=1S/C17H28N2O/c1-2-13-20-17-10-6-9-16(14-17)19-12-11-18-15-7-4-3-5-8-15/h6,9-10,14-15,18-19H,2-5,7-8,11-13H2,1H3. The Kier molecular flexibility index (Phi) is 6.72. The maximum absolute atomic E-state index is 5.64. The molecule has 0 radical (unpaired) electrons. The van der Waals surface area contributed by atoms with Crippen molar-refractivity contribution in [2.24, 2.45) is 0 Å². The predicted molar refractivity (Wildman–Crippen MR) is 85.6 cm³/mol. The summed E-state index contributed by atoms with van der Waals surface area (Å²) in [5, 5.41) is 7.11. The van der Waals surface area contributed by atoms with Crippen molar-refractivity contribution in [3.63, 3.8) is 0 Å². The number of ether oxygens (including phenoxy) is 1. The van der Waals surface area contributed by atoms with Crippen LogP contribution >= 0.6 is 0 Å². The third-order valence-electron chi connectivity index (χ3n) is 3.80. The van der Waals surface area contributed by atoms with Crippen LogP contribution in [-0.4, -0.2) is 25.7 Å². The summed E-state index contributed by atoms with van der Waals surface area (Å²) < 4.78 is 5.64. The molecule has 1 aromatic rings. The van der Waals surface area contributed by atoms with E-state index in [2.05, 4.69) is 29.7 Å². The topological polar surface area (TPSA) is 33.3 Å². The van der Waals surface area contributed by atoms with Gasteiger partial charge in [0.1, 0.15) is 5.75 Å². The lowest BCUT2D eigenvalue weighted by molar-refractivity contribution is 0.317. The first-order valence-electron chi connectivity index (χ1n) is 8.08. The van der Waals surface area contributed by atoms with E-state index in [1.54, 1.807) is 0 Å². The molecule has 0 atom stereocenters. The highest BCUT2D eigenvalue weighted by Gasteiger charge is 2.11. The van der Waals surface area contributed by atoms with Crippen LogP contribution in [0.3, 0.4) is 0 Å². The Labute approximate surface area is 123 Å². The number of rotatable bonds is 8. The Morgan fingerprint density at radius 2 is 2.00 bits per heavy atom. The molecule has 0 spiro atoms. The minimum absolute atomic E-state index is 0.741. The molecule has 3 nitrogen and oxygen atoms in total. The summed E-state index contributed by atoms with van der Waals surface area (Å²) in [6.45, 7) is 4.91. The van der Waals surface area contributed by atoms with Crippen LogP contribution in [0.15, 0.2) is 24.3 Å². The monoisotopic (exact) mass is 276 g/mol. The Morgan fingerprint density at radius 3 is 2.80 bits per heavy atom. The van der Waals surface area contributed by atoms with Crippen LogP contribution < -0.4 is 15.4 Å². The van der Waals surface area contributed by atoms with Crippen molar-refractivity contribution < 1.29 is 4.74 Å². The molecule has 3 heteroatoms. The van der Waals surface area contributed by atoms with Gasteiger partial charge in [-0.1, -0.05) is 32.3 Å². The largest absolute Gasteiger partial charge is 0.494 e. The molecular weight excluding hydrogens is 248 g/mol. The summed E-state index contributed by atoms with van der Waals surface area (Å²) in [5.74, 6) is 0.956. The highest BCUT2D eigenvalue weighted by atomic mass is 16.5. The van der Waals surface area contributed by atoms with Gasteiger partial charge in [0, 0.05) is 30.9 Å². The summed E-state index contributed by atoms with van der Waals surface area (Å²) in [6, 6.07) is 8.98. The zero-order chi connectivity index (χ0) is 14.0. The highest BCUT2D eigenvalue weighted by molar-refractivity contribution is 5.48. The van der Waals surface area contributed by atoms with E-state index in [0.29, 0.717) is 0 Å². The number of hydrogen-bond donors (Lipinski definition) is 2. The minimum Gasteiger partial charge on any atom is -0.494 e. The van der Waals surface area contributed by atoms with Gasteiger partial charge in [0.2, 0.25) is 0 Å². The molecule has 2 rings (SSSR count). The lowest BCUT2D eigenvalue weighted by Crippen LogP contribution is -2.34. The fourth-order valence-corrected chi connectivity index (χ4v) is 2.71. The number of anilines is 1. The molecule has 1 saturated carbocycles. The van der Waals surface area contributed by atoms with Crippen molar-refractivity contribution in [2.45, 2.75) is 51.5 Å². The lowest BCUT2D eigenvalue weighted by atomic mass is 9.95. The normalized spacial score (nSPS) is 16.1. The molecule has 112 valence electrons. The molecule has 20 heavy (non-hydrogen) atoms. The van der Waals surface area contributed by atoms with E-state index in [1.807, 2.05) is 12.1 Å². The predicted octanol–water partition coefficient (Wildman–Crippen LogP) is 3.81. The minimum atomic E-state index is 0.741. The van der Waals surface area contributed by atoms with Crippen LogP contribution in [0.1, 0.15) is 45.4 Å². The Balaban J connectivity index is 1.65. The first-order chi connectivity index (χ1) is 9.88. The van der Waals surface area contributed by atoms with Gasteiger partial charge < -0.3 is 15.4 Å². The zero-order valence-corrected chi connectivity index (χ0v) is 12.7. The van der Waals surface area contributed by atoms with E-state index < -0.39 is 0 Å². The van der Waals surface area contributed by atoms with Gasteiger partial charge in [0.25, 0.3) is 0 Å². The molecule has 0 amide bonds. The smallest absolute Gasteiger partial charge is 0.121 e. The van der Waals surface area contributed by atoms with Gasteiger partial charge in [-0.2, -0.15) is 0 Å². The van der Waals surface area contributed by atoms with E-state index in [1.165, 1.54) is 32.1 Å². The number of nitrogens with one attached hydrogen (secondary N) is 2. The van der Waals surface area contributed by atoms with E-state index >= 15 is 0 Å². The summed E-state index contributed by atoms with van der Waals surface area (Å²) in [5.41, 5.74) is 1.14.